The van der Waals surface area contributed by atoms with Crippen LogP contribution in [0.4, 0.5) is 0 Å². The summed E-state index contributed by atoms with van der Waals surface area (Å²) in [6.07, 6.45) is 3.92. The fourth-order valence-electron chi connectivity index (χ4n) is 5.28. The molecule has 30 heavy (non-hydrogen) atoms. The lowest BCUT2D eigenvalue weighted by Gasteiger charge is -2.50. The molecule has 5 rings (SSSR count). The summed E-state index contributed by atoms with van der Waals surface area (Å²) in [6, 6.07) is 34.1. The zero-order valence-corrected chi connectivity index (χ0v) is 17.7. The first-order valence-corrected chi connectivity index (χ1v) is 11.5. The third-order valence-corrected chi connectivity index (χ3v) is 7.02. The number of piperidine rings is 1. The van der Waals surface area contributed by atoms with Crippen LogP contribution in [0, 0.1) is 5.92 Å². The van der Waals surface area contributed by atoms with Gasteiger partial charge in [0.2, 0.25) is 0 Å². The minimum absolute atomic E-state index is 0.374. The molecule has 2 nitrogen and oxygen atoms in total. The van der Waals surface area contributed by atoms with Gasteiger partial charge in [-0.3, -0.25) is 9.80 Å². The van der Waals surface area contributed by atoms with E-state index >= 15 is 0 Å². The van der Waals surface area contributed by atoms with Crippen molar-refractivity contribution in [3.05, 3.63) is 108 Å². The Balaban J connectivity index is 1.18. The SMILES string of the molecule is c1ccc(CC2CCN(C3CN(C(c4ccccc4)c4ccccc4)C3)CC2)cc1. The summed E-state index contributed by atoms with van der Waals surface area (Å²) >= 11 is 0. The van der Waals surface area contributed by atoms with Crippen molar-refractivity contribution in [3.8, 4) is 0 Å². The highest BCUT2D eigenvalue weighted by Gasteiger charge is 2.38. The van der Waals surface area contributed by atoms with Gasteiger partial charge in [-0.1, -0.05) is 91.0 Å². The van der Waals surface area contributed by atoms with E-state index in [-0.39, 0.29) is 0 Å². The molecule has 0 spiro atoms. The van der Waals surface area contributed by atoms with E-state index in [4.69, 9.17) is 0 Å². The molecule has 0 N–H and O–H groups in total. The molecule has 0 aromatic heterocycles. The molecule has 0 radical (unpaired) electrons. The average molecular weight is 397 g/mol. The Morgan fingerprint density at radius 2 is 1.17 bits per heavy atom. The van der Waals surface area contributed by atoms with E-state index in [2.05, 4.69) is 101 Å². The Labute approximate surface area is 181 Å². The molecule has 3 aromatic rings. The molecule has 3 aromatic carbocycles. The Hall–Kier alpha value is -2.42. The van der Waals surface area contributed by atoms with Gasteiger partial charge in [0.15, 0.2) is 0 Å². The summed E-state index contributed by atoms with van der Waals surface area (Å²) in [6.45, 7) is 4.88. The largest absolute Gasteiger partial charge is 0.298 e. The Kier molecular flexibility index (Phi) is 5.96. The van der Waals surface area contributed by atoms with Crippen LogP contribution in [-0.4, -0.2) is 42.0 Å². The fraction of sp³-hybridized carbons (Fsp3) is 0.357. The Morgan fingerprint density at radius 1 is 0.667 bits per heavy atom. The third kappa shape index (κ3) is 4.35. The molecule has 0 saturated carbocycles. The molecular weight excluding hydrogens is 364 g/mol. The number of nitrogens with zero attached hydrogens (tertiary/aromatic N) is 2. The van der Waals surface area contributed by atoms with Crippen LogP contribution in [0.3, 0.4) is 0 Å². The molecule has 0 aliphatic carbocycles. The van der Waals surface area contributed by atoms with Crippen molar-refractivity contribution >= 4 is 0 Å². The number of likely N-dealkylation sites (tertiary alicyclic amines) is 2. The van der Waals surface area contributed by atoms with Crippen molar-refractivity contribution in [2.45, 2.75) is 31.3 Å². The van der Waals surface area contributed by atoms with Crippen LogP contribution in [0.5, 0.6) is 0 Å². The Bertz CT molecular complexity index is 856. The van der Waals surface area contributed by atoms with Gasteiger partial charge in [-0.05, 0) is 55.0 Å². The lowest BCUT2D eigenvalue weighted by Crippen LogP contribution is -2.61. The van der Waals surface area contributed by atoms with Gasteiger partial charge in [0.1, 0.15) is 0 Å². The van der Waals surface area contributed by atoms with E-state index in [1.54, 1.807) is 0 Å². The minimum atomic E-state index is 0.374. The summed E-state index contributed by atoms with van der Waals surface area (Å²) in [4.78, 5) is 5.41. The highest BCUT2D eigenvalue weighted by molar-refractivity contribution is 5.32. The average Bonchev–Trinajstić information content (AvgIpc) is 2.79. The molecule has 2 heterocycles. The predicted octanol–water partition coefficient (Wildman–Crippen LogP) is 5.41. The first kappa shape index (κ1) is 19.5. The molecule has 2 fully saturated rings. The highest BCUT2D eigenvalue weighted by atomic mass is 15.3. The number of hydrogen-bond donors (Lipinski definition) is 0. The molecule has 2 saturated heterocycles. The smallest absolute Gasteiger partial charge is 0.0602 e. The summed E-state index contributed by atoms with van der Waals surface area (Å²) in [5.74, 6) is 0.848. The first-order chi connectivity index (χ1) is 14.9. The number of hydrogen-bond acceptors (Lipinski definition) is 2. The lowest BCUT2D eigenvalue weighted by atomic mass is 9.88. The van der Waals surface area contributed by atoms with Gasteiger partial charge >= 0.3 is 0 Å². The topological polar surface area (TPSA) is 6.48 Å². The van der Waals surface area contributed by atoms with Gasteiger partial charge in [-0.15, -0.1) is 0 Å². The zero-order valence-electron chi connectivity index (χ0n) is 17.7. The second-order valence-electron chi connectivity index (χ2n) is 9.00. The van der Waals surface area contributed by atoms with Crippen LogP contribution in [-0.2, 0) is 6.42 Å². The monoisotopic (exact) mass is 396 g/mol. The van der Waals surface area contributed by atoms with E-state index in [0.717, 1.165) is 12.0 Å². The van der Waals surface area contributed by atoms with Crippen molar-refractivity contribution < 1.29 is 0 Å². The van der Waals surface area contributed by atoms with Crippen LogP contribution < -0.4 is 0 Å². The van der Waals surface area contributed by atoms with Gasteiger partial charge < -0.3 is 0 Å². The van der Waals surface area contributed by atoms with Crippen LogP contribution in [0.25, 0.3) is 0 Å². The highest BCUT2D eigenvalue weighted by Crippen LogP contribution is 2.34. The summed E-state index contributed by atoms with van der Waals surface area (Å²) in [5.41, 5.74) is 4.31. The van der Waals surface area contributed by atoms with Crippen LogP contribution in [0.2, 0.25) is 0 Å². The molecule has 154 valence electrons. The second-order valence-corrected chi connectivity index (χ2v) is 9.00. The van der Waals surface area contributed by atoms with Crippen LogP contribution in [0.1, 0.15) is 35.6 Å². The third-order valence-electron chi connectivity index (χ3n) is 7.02. The summed E-state index contributed by atoms with van der Waals surface area (Å²) in [7, 11) is 0. The van der Waals surface area contributed by atoms with Gasteiger partial charge in [0.05, 0.1) is 6.04 Å². The second kappa shape index (κ2) is 9.16. The van der Waals surface area contributed by atoms with Crippen LogP contribution >= 0.6 is 0 Å². The maximum atomic E-state index is 2.76. The molecule has 0 bridgehead atoms. The first-order valence-electron chi connectivity index (χ1n) is 11.5. The van der Waals surface area contributed by atoms with E-state index in [9.17, 15) is 0 Å². The molecule has 2 aliphatic heterocycles. The summed E-state index contributed by atoms with van der Waals surface area (Å²) < 4.78 is 0. The maximum Gasteiger partial charge on any atom is 0.0602 e. The molecule has 0 amide bonds. The minimum Gasteiger partial charge on any atom is -0.298 e. The van der Waals surface area contributed by atoms with E-state index in [0.29, 0.717) is 6.04 Å². The van der Waals surface area contributed by atoms with Crippen molar-refractivity contribution in [1.29, 1.82) is 0 Å². The molecular formula is C28H32N2. The standard InChI is InChI=1S/C28H32N2/c1-4-10-23(11-5-1)20-24-16-18-29(19-17-24)27-21-30(22-27)28(25-12-6-2-7-13-25)26-14-8-3-9-15-26/h1-15,24,27-28H,16-22H2. The van der Waals surface area contributed by atoms with Gasteiger partial charge in [-0.2, -0.15) is 0 Å². The van der Waals surface area contributed by atoms with Gasteiger partial charge in [-0.25, -0.2) is 0 Å². The summed E-state index contributed by atoms with van der Waals surface area (Å²) in [5, 5.41) is 0. The number of rotatable bonds is 6. The van der Waals surface area contributed by atoms with E-state index in [1.807, 2.05) is 0 Å². The molecule has 2 aliphatic rings. The van der Waals surface area contributed by atoms with Crippen molar-refractivity contribution in [2.75, 3.05) is 26.2 Å². The normalized spacial score (nSPS) is 19.1. The molecule has 2 heteroatoms. The predicted molar refractivity (Wildman–Crippen MR) is 125 cm³/mol. The maximum absolute atomic E-state index is 2.76. The number of benzene rings is 3. The van der Waals surface area contributed by atoms with E-state index in [1.165, 1.54) is 62.1 Å². The van der Waals surface area contributed by atoms with Gasteiger partial charge in [0.25, 0.3) is 0 Å². The van der Waals surface area contributed by atoms with Crippen molar-refractivity contribution in [2.24, 2.45) is 5.92 Å². The van der Waals surface area contributed by atoms with Crippen LogP contribution in [0.15, 0.2) is 91.0 Å². The van der Waals surface area contributed by atoms with Gasteiger partial charge in [0, 0.05) is 19.1 Å². The Morgan fingerprint density at radius 3 is 1.70 bits per heavy atom. The van der Waals surface area contributed by atoms with E-state index < -0.39 is 0 Å². The molecule has 0 unspecified atom stereocenters. The quantitative estimate of drug-likeness (QED) is 0.549. The molecule has 0 atom stereocenters. The van der Waals surface area contributed by atoms with Crippen molar-refractivity contribution in [3.63, 3.8) is 0 Å². The fourth-order valence-corrected chi connectivity index (χ4v) is 5.28. The van der Waals surface area contributed by atoms with Crippen molar-refractivity contribution in [1.82, 2.24) is 9.80 Å². The lowest BCUT2D eigenvalue weighted by molar-refractivity contribution is -0.00185. The zero-order chi connectivity index (χ0) is 20.2.